The van der Waals surface area contributed by atoms with Crippen LogP contribution in [0.5, 0.6) is 0 Å². The second-order valence-electron chi connectivity index (χ2n) is 10.1. The molecular weight excluding hydrogens is 459 g/mol. The van der Waals surface area contributed by atoms with Crippen LogP contribution in [0, 0.1) is 11.2 Å². The van der Waals surface area contributed by atoms with Gasteiger partial charge in [-0.1, -0.05) is 55.3 Å². The van der Waals surface area contributed by atoms with E-state index in [1.165, 1.54) is 29.1 Å². The zero-order valence-electron chi connectivity index (χ0n) is 20.2. The normalized spacial score (nSPS) is 21.0. The Morgan fingerprint density at radius 3 is 2.56 bits per heavy atom. The minimum atomic E-state index is -1.12. The van der Waals surface area contributed by atoms with E-state index in [-0.39, 0.29) is 30.5 Å². The van der Waals surface area contributed by atoms with Crippen molar-refractivity contribution in [3.63, 3.8) is 0 Å². The summed E-state index contributed by atoms with van der Waals surface area (Å²) in [5, 5.41) is 14.8. The van der Waals surface area contributed by atoms with Crippen LogP contribution in [0.25, 0.3) is 11.3 Å². The van der Waals surface area contributed by atoms with E-state index in [2.05, 4.69) is 10.3 Å². The average Bonchev–Trinajstić information content (AvgIpc) is 3.36. The molecule has 1 aliphatic carbocycles. The number of aromatic nitrogens is 2. The molecule has 1 spiro atoms. The smallest absolute Gasteiger partial charge is 0.317 e. The fourth-order valence-electron chi connectivity index (χ4n) is 5.80. The molecule has 0 unspecified atom stereocenters. The predicted molar refractivity (Wildman–Crippen MR) is 135 cm³/mol. The number of rotatable bonds is 5. The van der Waals surface area contributed by atoms with E-state index < -0.39 is 11.0 Å². The van der Waals surface area contributed by atoms with Crippen molar-refractivity contribution in [3.8, 4) is 11.3 Å². The standard InChI is InChI=1S/C28H31FN4O3/c29-23-10-6-7-21(15-23)17-30-26(35)32-14-13-28(36,27(18-32)11-4-5-12-27)19-33-20-31-24(16-25(33)34)22-8-2-1-3-9-22/h1-3,6-10,15-16,20,36H,4-5,11-14,17-19H2,(H,30,35)/t28-/m1/s1. The quantitative estimate of drug-likeness (QED) is 0.567. The molecule has 1 aliphatic heterocycles. The molecule has 2 heterocycles. The highest BCUT2D eigenvalue weighted by atomic mass is 19.1. The van der Waals surface area contributed by atoms with Gasteiger partial charge in [0.1, 0.15) is 5.82 Å². The van der Waals surface area contributed by atoms with Crippen LogP contribution < -0.4 is 10.9 Å². The van der Waals surface area contributed by atoms with Crippen LogP contribution >= 0.6 is 0 Å². The second-order valence-corrected chi connectivity index (χ2v) is 10.1. The monoisotopic (exact) mass is 490 g/mol. The van der Waals surface area contributed by atoms with Crippen molar-refractivity contribution in [2.24, 2.45) is 5.41 Å². The highest BCUT2D eigenvalue weighted by Crippen LogP contribution is 2.51. The molecule has 1 atom stereocenters. The zero-order chi connectivity index (χ0) is 25.2. The number of carbonyl (C=O) groups excluding carboxylic acids is 1. The van der Waals surface area contributed by atoms with Crippen molar-refractivity contribution in [2.45, 2.75) is 50.8 Å². The van der Waals surface area contributed by atoms with E-state index >= 15 is 0 Å². The number of benzene rings is 2. The summed E-state index contributed by atoms with van der Waals surface area (Å²) in [4.78, 5) is 32.1. The highest BCUT2D eigenvalue weighted by Gasteiger charge is 2.55. The maximum Gasteiger partial charge on any atom is 0.317 e. The Bertz CT molecular complexity index is 1290. The Morgan fingerprint density at radius 2 is 1.83 bits per heavy atom. The van der Waals surface area contributed by atoms with Gasteiger partial charge >= 0.3 is 6.03 Å². The van der Waals surface area contributed by atoms with Crippen LogP contribution in [0.4, 0.5) is 9.18 Å². The van der Waals surface area contributed by atoms with Crippen LogP contribution in [0.1, 0.15) is 37.7 Å². The average molecular weight is 491 g/mol. The summed E-state index contributed by atoms with van der Waals surface area (Å²) in [5.41, 5.74) is 0.343. The number of carbonyl (C=O) groups is 1. The van der Waals surface area contributed by atoms with Gasteiger partial charge < -0.3 is 15.3 Å². The molecule has 188 valence electrons. The lowest BCUT2D eigenvalue weighted by Crippen LogP contribution is -2.63. The molecule has 0 bridgehead atoms. The molecule has 2 fully saturated rings. The van der Waals surface area contributed by atoms with Crippen LogP contribution in [0.3, 0.4) is 0 Å². The lowest BCUT2D eigenvalue weighted by molar-refractivity contribution is -0.135. The molecule has 3 aromatic rings. The molecule has 0 radical (unpaired) electrons. The molecule has 2 aliphatic rings. The molecule has 1 saturated heterocycles. The van der Waals surface area contributed by atoms with Crippen molar-refractivity contribution in [1.82, 2.24) is 19.8 Å². The third-order valence-electron chi connectivity index (χ3n) is 7.84. The first-order valence-electron chi connectivity index (χ1n) is 12.5. The summed E-state index contributed by atoms with van der Waals surface area (Å²) < 4.78 is 15.0. The van der Waals surface area contributed by atoms with E-state index in [4.69, 9.17) is 0 Å². The molecule has 36 heavy (non-hydrogen) atoms. The first kappa shape index (κ1) is 24.2. The number of likely N-dealkylation sites (tertiary alicyclic amines) is 1. The third-order valence-corrected chi connectivity index (χ3v) is 7.84. The minimum Gasteiger partial charge on any atom is -0.387 e. The van der Waals surface area contributed by atoms with Gasteiger partial charge in [-0.3, -0.25) is 9.36 Å². The van der Waals surface area contributed by atoms with E-state index in [0.29, 0.717) is 30.8 Å². The largest absolute Gasteiger partial charge is 0.387 e. The van der Waals surface area contributed by atoms with E-state index in [1.807, 2.05) is 30.3 Å². The van der Waals surface area contributed by atoms with Gasteiger partial charge in [-0.25, -0.2) is 14.2 Å². The molecule has 2 N–H and O–H groups in total. The molecule has 7 nitrogen and oxygen atoms in total. The van der Waals surface area contributed by atoms with Gasteiger partial charge in [0.15, 0.2) is 0 Å². The van der Waals surface area contributed by atoms with Crippen molar-refractivity contribution >= 4 is 6.03 Å². The first-order valence-corrected chi connectivity index (χ1v) is 12.5. The number of nitrogens with one attached hydrogen (secondary N) is 1. The van der Waals surface area contributed by atoms with Gasteiger partial charge in [-0.15, -0.1) is 0 Å². The van der Waals surface area contributed by atoms with E-state index in [9.17, 15) is 19.1 Å². The summed E-state index contributed by atoms with van der Waals surface area (Å²) in [7, 11) is 0. The topological polar surface area (TPSA) is 87.5 Å². The Labute approximate surface area is 209 Å². The maximum absolute atomic E-state index is 13.5. The summed E-state index contributed by atoms with van der Waals surface area (Å²) in [6.07, 6.45) is 5.42. The van der Waals surface area contributed by atoms with Gasteiger partial charge in [0.05, 0.1) is 24.2 Å². The van der Waals surface area contributed by atoms with Crippen LogP contribution in [0.2, 0.25) is 0 Å². The molecule has 1 saturated carbocycles. The second kappa shape index (κ2) is 9.85. The zero-order valence-corrected chi connectivity index (χ0v) is 20.2. The van der Waals surface area contributed by atoms with E-state index in [0.717, 1.165) is 31.2 Å². The van der Waals surface area contributed by atoms with Crippen molar-refractivity contribution in [3.05, 3.63) is 88.7 Å². The number of hydrogen-bond acceptors (Lipinski definition) is 4. The maximum atomic E-state index is 13.5. The molecule has 2 aromatic carbocycles. The summed E-state index contributed by atoms with van der Waals surface area (Å²) >= 11 is 0. The van der Waals surface area contributed by atoms with Crippen molar-refractivity contribution in [1.29, 1.82) is 0 Å². The molecule has 5 rings (SSSR count). The first-order chi connectivity index (χ1) is 17.4. The fourth-order valence-corrected chi connectivity index (χ4v) is 5.80. The third kappa shape index (κ3) is 4.78. The van der Waals surface area contributed by atoms with Gasteiger partial charge in [0.2, 0.25) is 0 Å². The van der Waals surface area contributed by atoms with Crippen LogP contribution in [-0.2, 0) is 13.1 Å². The number of piperidine rings is 1. The van der Waals surface area contributed by atoms with Gasteiger partial charge in [-0.2, -0.15) is 0 Å². The van der Waals surface area contributed by atoms with Crippen LogP contribution in [-0.4, -0.2) is 44.3 Å². The Kier molecular flexibility index (Phi) is 6.62. The number of aliphatic hydroxyl groups is 1. The number of halogens is 1. The van der Waals surface area contributed by atoms with Gasteiger partial charge in [0, 0.05) is 36.7 Å². The molecule has 8 heteroatoms. The summed E-state index contributed by atoms with van der Waals surface area (Å²) in [6.45, 7) is 1.17. The minimum absolute atomic E-state index is 0.145. The Balaban J connectivity index is 1.31. The number of urea groups is 1. The molecule has 1 aromatic heterocycles. The molecule has 2 amide bonds. The van der Waals surface area contributed by atoms with E-state index in [1.54, 1.807) is 17.0 Å². The van der Waals surface area contributed by atoms with Crippen LogP contribution in [0.15, 0.2) is 71.8 Å². The van der Waals surface area contributed by atoms with Crippen molar-refractivity contribution < 1.29 is 14.3 Å². The Hall–Kier alpha value is -3.52. The van der Waals surface area contributed by atoms with Crippen molar-refractivity contribution in [2.75, 3.05) is 13.1 Å². The predicted octanol–water partition coefficient (Wildman–Crippen LogP) is 3.96. The van der Waals surface area contributed by atoms with Gasteiger partial charge in [-0.05, 0) is 37.0 Å². The molecular formula is C28H31FN4O3. The highest BCUT2D eigenvalue weighted by molar-refractivity contribution is 5.74. The fraction of sp³-hybridized carbons (Fsp3) is 0.393. The Morgan fingerprint density at radius 1 is 1.06 bits per heavy atom. The van der Waals surface area contributed by atoms with Gasteiger partial charge in [0.25, 0.3) is 5.56 Å². The lowest BCUT2D eigenvalue weighted by atomic mass is 9.66. The number of hydrogen-bond donors (Lipinski definition) is 2. The number of amides is 2. The number of nitrogens with zero attached hydrogens (tertiary/aromatic N) is 3. The SMILES string of the molecule is O=C(NCc1cccc(F)c1)N1CC[C@@](O)(Cn2cnc(-c3ccccc3)cc2=O)C2(CCCC2)C1. The lowest BCUT2D eigenvalue weighted by Gasteiger charge is -2.52. The summed E-state index contributed by atoms with van der Waals surface area (Å²) in [6, 6.07) is 17.0. The summed E-state index contributed by atoms with van der Waals surface area (Å²) in [5.74, 6) is -0.337.